The summed E-state index contributed by atoms with van der Waals surface area (Å²) in [6.45, 7) is 2.04. The molecule has 7 nitrogen and oxygen atoms in total. The molecule has 2 bridgehead atoms. The molecule has 3 heterocycles. The van der Waals surface area contributed by atoms with Gasteiger partial charge in [0.1, 0.15) is 11.6 Å². The lowest BCUT2D eigenvalue weighted by Gasteiger charge is -2.37. The van der Waals surface area contributed by atoms with Crippen LogP contribution in [0.25, 0.3) is 0 Å². The van der Waals surface area contributed by atoms with E-state index in [4.69, 9.17) is 22.1 Å². The summed E-state index contributed by atoms with van der Waals surface area (Å²) in [6.07, 6.45) is 3.22. The summed E-state index contributed by atoms with van der Waals surface area (Å²) in [4.78, 5) is 13.7. The molecule has 1 unspecified atom stereocenters. The molecule has 0 spiro atoms. The van der Waals surface area contributed by atoms with Gasteiger partial charge in [0.2, 0.25) is 10.0 Å². The molecule has 5 rings (SSSR count). The first kappa shape index (κ1) is 30.5. The molecule has 0 saturated carbocycles. The molecule has 224 valence electrons. The van der Waals surface area contributed by atoms with Crippen LogP contribution in [-0.2, 0) is 32.4 Å². The fraction of sp³-hybridized carbons (Fsp3) is 0.567. The molecule has 0 aliphatic carbocycles. The van der Waals surface area contributed by atoms with Gasteiger partial charge in [0.25, 0.3) is 0 Å². The first-order chi connectivity index (χ1) is 19.6. The van der Waals surface area contributed by atoms with E-state index in [9.17, 15) is 17.6 Å². The number of halogens is 3. The minimum Gasteiger partial charge on any atom is -0.381 e. The summed E-state index contributed by atoms with van der Waals surface area (Å²) in [5.74, 6) is -1.88. The number of piperazine rings is 1. The van der Waals surface area contributed by atoms with Crippen LogP contribution < -0.4 is 11.1 Å². The average molecular weight is 610 g/mol. The van der Waals surface area contributed by atoms with Gasteiger partial charge in [-0.3, -0.25) is 4.79 Å². The number of sulfonamides is 1. The van der Waals surface area contributed by atoms with Crippen LogP contribution in [0, 0.1) is 17.6 Å². The van der Waals surface area contributed by atoms with Crippen molar-refractivity contribution in [1.29, 1.82) is 0 Å². The molecule has 5 atom stereocenters. The van der Waals surface area contributed by atoms with E-state index in [0.29, 0.717) is 44.2 Å². The molecule has 3 saturated heterocycles. The number of hydrogen-bond acceptors (Lipinski definition) is 6. The van der Waals surface area contributed by atoms with Gasteiger partial charge in [0.05, 0.1) is 11.8 Å². The van der Waals surface area contributed by atoms with Gasteiger partial charge in [0, 0.05) is 61.8 Å². The third-order valence-electron chi connectivity index (χ3n) is 8.89. The summed E-state index contributed by atoms with van der Waals surface area (Å²) >= 11 is 6.11. The van der Waals surface area contributed by atoms with Gasteiger partial charge in [0.15, 0.2) is 5.78 Å². The quantitative estimate of drug-likeness (QED) is 0.446. The molecule has 0 radical (unpaired) electrons. The molecule has 0 amide bonds. The summed E-state index contributed by atoms with van der Waals surface area (Å²) < 4.78 is 62.4. The average Bonchev–Trinajstić information content (AvgIpc) is 3.06. The smallest absolute Gasteiger partial charge is 0.214 e. The highest BCUT2D eigenvalue weighted by molar-refractivity contribution is 7.89. The summed E-state index contributed by atoms with van der Waals surface area (Å²) in [5, 5.41) is 3.99. The van der Waals surface area contributed by atoms with Gasteiger partial charge in [-0.25, -0.2) is 17.2 Å². The molecule has 3 fully saturated rings. The van der Waals surface area contributed by atoms with E-state index in [1.807, 2.05) is 12.1 Å². The van der Waals surface area contributed by atoms with Crippen molar-refractivity contribution in [1.82, 2.24) is 9.62 Å². The second-order valence-corrected chi connectivity index (χ2v) is 14.0. The van der Waals surface area contributed by atoms with Crippen molar-refractivity contribution in [3.8, 4) is 0 Å². The first-order valence-electron chi connectivity index (χ1n) is 14.4. The number of nitrogens with two attached hydrogens (primary N) is 1. The second kappa shape index (κ2) is 13.1. The lowest BCUT2D eigenvalue weighted by Crippen LogP contribution is -2.57. The van der Waals surface area contributed by atoms with Crippen molar-refractivity contribution in [2.75, 3.05) is 32.1 Å². The number of carbonyl (C=O) groups is 1. The van der Waals surface area contributed by atoms with Crippen molar-refractivity contribution in [2.45, 2.75) is 69.0 Å². The number of rotatable bonds is 9. The molecule has 3 aliphatic rings. The maximum absolute atomic E-state index is 15.2. The zero-order valence-corrected chi connectivity index (χ0v) is 24.6. The number of nitrogens with zero attached hydrogens (tertiary/aromatic N) is 1. The van der Waals surface area contributed by atoms with E-state index < -0.39 is 27.7 Å². The van der Waals surface area contributed by atoms with E-state index in [1.54, 1.807) is 16.4 Å². The lowest BCUT2D eigenvalue weighted by atomic mass is 9.75. The van der Waals surface area contributed by atoms with Crippen LogP contribution in [0.2, 0.25) is 5.02 Å². The van der Waals surface area contributed by atoms with Crippen LogP contribution in [0.4, 0.5) is 8.78 Å². The van der Waals surface area contributed by atoms with E-state index in [0.717, 1.165) is 30.9 Å². The highest BCUT2D eigenvalue weighted by Crippen LogP contribution is 2.36. The van der Waals surface area contributed by atoms with E-state index in [1.165, 1.54) is 6.07 Å². The van der Waals surface area contributed by atoms with Crippen LogP contribution in [0.15, 0.2) is 36.4 Å². The predicted molar refractivity (Wildman–Crippen MR) is 154 cm³/mol. The van der Waals surface area contributed by atoms with Gasteiger partial charge in [-0.2, -0.15) is 4.31 Å². The highest BCUT2D eigenvalue weighted by atomic mass is 35.5. The Balaban J connectivity index is 1.35. The zero-order chi connectivity index (χ0) is 29.1. The zero-order valence-electron chi connectivity index (χ0n) is 23.0. The first-order valence-corrected chi connectivity index (χ1v) is 16.4. The number of benzene rings is 2. The fourth-order valence-corrected chi connectivity index (χ4v) is 8.62. The van der Waals surface area contributed by atoms with E-state index >= 15 is 4.39 Å². The predicted octanol–water partition coefficient (Wildman–Crippen LogP) is 3.97. The number of Topliss-reactive ketones (excluding diaryl/α,β-unsaturated/α-hetero) is 1. The summed E-state index contributed by atoms with van der Waals surface area (Å²) in [6, 6.07) is 8.20. The highest BCUT2D eigenvalue weighted by Gasteiger charge is 2.38. The van der Waals surface area contributed by atoms with E-state index in [-0.39, 0.29) is 59.4 Å². The number of ether oxygens (including phenoxy) is 1. The Kier molecular flexibility index (Phi) is 9.78. The Hall–Kier alpha value is -1.95. The number of hydrogen-bond donors (Lipinski definition) is 2. The Morgan fingerprint density at radius 3 is 2.61 bits per heavy atom. The molecular formula is C30H38ClF2N3O4S. The lowest BCUT2D eigenvalue weighted by molar-refractivity contribution is -0.120. The Bertz CT molecular complexity index is 1340. The molecule has 2 aromatic rings. The van der Waals surface area contributed by atoms with Crippen molar-refractivity contribution in [3.63, 3.8) is 0 Å². The van der Waals surface area contributed by atoms with Crippen LogP contribution >= 0.6 is 11.6 Å². The molecule has 3 N–H and O–H groups in total. The van der Waals surface area contributed by atoms with Crippen molar-refractivity contribution in [3.05, 3.63) is 69.7 Å². The Labute approximate surface area is 245 Å². The molecule has 11 heteroatoms. The van der Waals surface area contributed by atoms with Crippen molar-refractivity contribution >= 4 is 27.4 Å². The van der Waals surface area contributed by atoms with Crippen LogP contribution in [0.1, 0.15) is 54.7 Å². The Morgan fingerprint density at radius 2 is 1.88 bits per heavy atom. The van der Waals surface area contributed by atoms with Gasteiger partial charge in [-0.15, -0.1) is 0 Å². The second-order valence-electron chi connectivity index (χ2n) is 11.5. The maximum Gasteiger partial charge on any atom is 0.214 e. The third-order valence-corrected chi connectivity index (χ3v) is 11.1. The van der Waals surface area contributed by atoms with Crippen LogP contribution in [0.3, 0.4) is 0 Å². The molecule has 2 aromatic carbocycles. The minimum atomic E-state index is -3.40. The summed E-state index contributed by atoms with van der Waals surface area (Å²) in [7, 11) is -3.40. The molecule has 0 aromatic heterocycles. The topological polar surface area (TPSA) is 102 Å². The minimum absolute atomic E-state index is 0.103. The number of fused-ring (bicyclic) bond motifs is 2. The number of ketones is 1. The van der Waals surface area contributed by atoms with Crippen LogP contribution in [-0.4, -0.2) is 68.7 Å². The normalized spacial score (nSPS) is 26.2. The number of carbonyl (C=O) groups excluding carboxylic acids is 1. The van der Waals surface area contributed by atoms with Gasteiger partial charge >= 0.3 is 0 Å². The van der Waals surface area contributed by atoms with E-state index in [2.05, 4.69) is 5.32 Å². The SMILES string of the molecule is N[C@H](C(=O)Cc1cc(F)cc(F)c1CC[C@H]1CN[C@@H]2CCCS(=O)(=O)N1C2)[C@@H](c1ccc(Cl)cc1)C1CCOCC1. The summed E-state index contributed by atoms with van der Waals surface area (Å²) in [5.41, 5.74) is 8.02. The largest absolute Gasteiger partial charge is 0.381 e. The molecule has 3 aliphatic heterocycles. The van der Waals surface area contributed by atoms with Crippen molar-refractivity contribution < 1.29 is 26.7 Å². The number of nitrogens with one attached hydrogen (secondary N) is 1. The standard InChI is InChI=1S/C30H38ClF2N3O4S/c31-22-5-3-19(4-6-22)29(20-9-11-40-12-10-20)30(34)28(37)15-21-14-23(32)16-27(33)26(21)8-7-25-17-35-24-2-1-13-41(38,39)36(25)18-24/h3-6,14,16,20,24-25,29-30,35H,1-2,7-13,15,17-18,34H2/t24-,25+,29+,30-/m1/s1. The van der Waals surface area contributed by atoms with Crippen LogP contribution in [0.5, 0.6) is 0 Å². The monoisotopic (exact) mass is 609 g/mol. The van der Waals surface area contributed by atoms with Gasteiger partial charge in [-0.05, 0) is 79.3 Å². The van der Waals surface area contributed by atoms with Crippen molar-refractivity contribution in [2.24, 2.45) is 11.7 Å². The fourth-order valence-electron chi connectivity index (χ4n) is 6.69. The molecule has 41 heavy (non-hydrogen) atoms. The van der Waals surface area contributed by atoms with Gasteiger partial charge in [-0.1, -0.05) is 23.7 Å². The van der Waals surface area contributed by atoms with Gasteiger partial charge < -0.3 is 15.8 Å². The Morgan fingerprint density at radius 1 is 1.15 bits per heavy atom. The third kappa shape index (κ3) is 7.17. The maximum atomic E-state index is 15.2. The molecular weight excluding hydrogens is 572 g/mol.